The zero-order valence-electron chi connectivity index (χ0n) is 27.3. The van der Waals surface area contributed by atoms with E-state index in [0.29, 0.717) is 11.3 Å². The van der Waals surface area contributed by atoms with Crippen LogP contribution >= 0.6 is 0 Å². The number of nitro benzene ring substituents is 1. The van der Waals surface area contributed by atoms with E-state index in [0.717, 1.165) is 27.5 Å². The van der Waals surface area contributed by atoms with Crippen LogP contribution in [0.4, 0.5) is 10.1 Å². The van der Waals surface area contributed by atoms with Crippen molar-refractivity contribution in [1.82, 2.24) is 0 Å². The summed E-state index contributed by atoms with van der Waals surface area (Å²) >= 11 is 0. The maximum atomic E-state index is 14.0. The highest BCUT2D eigenvalue weighted by Crippen LogP contribution is 2.34. The van der Waals surface area contributed by atoms with Crippen molar-refractivity contribution in [2.24, 2.45) is 0 Å². The number of carbonyl (C=O) groups excluding carboxylic acids is 1. The highest BCUT2D eigenvalue weighted by molar-refractivity contribution is 5.96. The number of benzene rings is 5. The fourth-order valence-electron chi connectivity index (χ4n) is 5.09. The first-order valence-corrected chi connectivity index (χ1v) is 15.3. The second-order valence-corrected chi connectivity index (χ2v) is 13.5. The molecule has 0 N–H and O–H groups in total. The molecule has 0 aliphatic heterocycles. The van der Waals surface area contributed by atoms with Gasteiger partial charge in [0, 0.05) is 23.4 Å². The molecule has 47 heavy (non-hydrogen) atoms. The molecule has 0 heterocycles. The molecule has 5 aromatic carbocycles. The lowest BCUT2D eigenvalue weighted by atomic mass is 9.79. The molecule has 0 aromatic heterocycles. The molecule has 0 amide bonds. The number of nitro groups is 1. The molecule has 0 unspecified atom stereocenters. The zero-order chi connectivity index (χ0) is 33.9. The van der Waals surface area contributed by atoms with Crippen LogP contribution in [0.3, 0.4) is 0 Å². The van der Waals surface area contributed by atoms with Crippen LogP contribution in [0.1, 0.15) is 63.8 Å². The number of carbonyl (C=O) groups is 1. The summed E-state index contributed by atoms with van der Waals surface area (Å²) in [6.45, 7) is 13.4. The first kappa shape index (κ1) is 32.9. The number of hydrogen-bond acceptors (Lipinski definition) is 5. The summed E-state index contributed by atoms with van der Waals surface area (Å²) in [6.07, 6.45) is 0. The summed E-state index contributed by atoms with van der Waals surface area (Å²) in [5.74, 6) is 4.99. The Morgan fingerprint density at radius 3 is 2.09 bits per heavy atom. The van der Waals surface area contributed by atoms with E-state index in [1.54, 1.807) is 6.07 Å². The molecule has 7 heteroatoms. The second kappa shape index (κ2) is 13.1. The van der Waals surface area contributed by atoms with Gasteiger partial charge < -0.3 is 9.47 Å². The zero-order valence-corrected chi connectivity index (χ0v) is 27.3. The summed E-state index contributed by atoms with van der Waals surface area (Å²) in [6, 6.07) is 27.6. The minimum absolute atomic E-state index is 0.0565. The Balaban J connectivity index is 1.52. The largest absolute Gasteiger partial charge is 0.488 e. The van der Waals surface area contributed by atoms with Crippen molar-refractivity contribution >= 4 is 22.4 Å². The third kappa shape index (κ3) is 8.03. The molecule has 0 spiro atoms. The summed E-state index contributed by atoms with van der Waals surface area (Å²) < 4.78 is 25.7. The molecule has 6 nitrogen and oxygen atoms in total. The Morgan fingerprint density at radius 2 is 1.47 bits per heavy atom. The number of esters is 1. The third-order valence-electron chi connectivity index (χ3n) is 7.81. The number of rotatable bonds is 6. The van der Waals surface area contributed by atoms with Gasteiger partial charge in [-0.05, 0) is 80.4 Å². The Bertz CT molecular complexity index is 2010. The quantitative estimate of drug-likeness (QED) is 0.0614. The third-order valence-corrected chi connectivity index (χ3v) is 7.81. The van der Waals surface area contributed by atoms with Gasteiger partial charge in [-0.25, -0.2) is 9.18 Å². The topological polar surface area (TPSA) is 78.7 Å². The minimum Gasteiger partial charge on any atom is -0.488 e. The molecule has 0 aliphatic carbocycles. The lowest BCUT2D eigenvalue weighted by Gasteiger charge is -2.26. The number of fused-ring (bicyclic) bond motifs is 1. The molecular formula is C40H36FNO5. The predicted molar refractivity (Wildman–Crippen MR) is 183 cm³/mol. The van der Waals surface area contributed by atoms with Gasteiger partial charge in [-0.2, -0.15) is 0 Å². The number of halogens is 1. The van der Waals surface area contributed by atoms with Crippen molar-refractivity contribution in [3.8, 4) is 34.5 Å². The van der Waals surface area contributed by atoms with Crippen LogP contribution in [0.2, 0.25) is 0 Å². The standard InChI is InChI=1S/C40H36FNO5/c1-39(2,3)30-20-26(21-31(24-30)40(4,5)6)25-46-37-18-11-29-22-28(27-8-7-9-32(41)23-27)10-16-35(29)36(37)17-19-38(43)47-34-14-12-33(13-15-34)42(44)45/h7-16,18,20-24H,25H2,1-6H3. The molecule has 0 bridgehead atoms. The Labute approximate surface area is 274 Å². The van der Waals surface area contributed by atoms with E-state index in [1.165, 1.54) is 47.5 Å². The lowest BCUT2D eigenvalue weighted by molar-refractivity contribution is -0.384. The van der Waals surface area contributed by atoms with Crippen molar-refractivity contribution in [2.45, 2.75) is 59.0 Å². The Morgan fingerprint density at radius 1 is 0.809 bits per heavy atom. The van der Waals surface area contributed by atoms with Crippen molar-refractivity contribution < 1.29 is 23.6 Å². The molecule has 0 saturated carbocycles. The monoisotopic (exact) mass is 629 g/mol. The molecule has 0 saturated heterocycles. The summed E-state index contributed by atoms with van der Waals surface area (Å²) in [7, 11) is 0. The second-order valence-electron chi connectivity index (χ2n) is 13.5. The van der Waals surface area contributed by atoms with Crippen LogP contribution in [-0.4, -0.2) is 10.9 Å². The van der Waals surface area contributed by atoms with Gasteiger partial charge in [0.2, 0.25) is 0 Å². The van der Waals surface area contributed by atoms with Gasteiger partial charge in [-0.1, -0.05) is 96.0 Å². The molecule has 238 valence electrons. The first-order valence-electron chi connectivity index (χ1n) is 15.3. The Hall–Kier alpha value is -5.48. The molecule has 5 aromatic rings. The van der Waals surface area contributed by atoms with Gasteiger partial charge in [-0.15, -0.1) is 0 Å². The summed E-state index contributed by atoms with van der Waals surface area (Å²) in [4.78, 5) is 23.2. The van der Waals surface area contributed by atoms with Crippen LogP contribution in [0.25, 0.3) is 21.9 Å². The maximum absolute atomic E-state index is 14.0. The van der Waals surface area contributed by atoms with E-state index in [1.807, 2.05) is 36.4 Å². The van der Waals surface area contributed by atoms with E-state index < -0.39 is 10.9 Å². The number of ether oxygens (including phenoxy) is 2. The minimum atomic E-state index is -0.828. The molecule has 5 rings (SSSR count). The van der Waals surface area contributed by atoms with Crippen molar-refractivity contribution in [1.29, 1.82) is 0 Å². The summed E-state index contributed by atoms with van der Waals surface area (Å²) in [5, 5.41) is 12.5. The van der Waals surface area contributed by atoms with Crippen molar-refractivity contribution in [3.05, 3.63) is 135 Å². The lowest BCUT2D eigenvalue weighted by Crippen LogP contribution is -2.17. The van der Waals surface area contributed by atoms with Crippen LogP contribution in [0, 0.1) is 27.8 Å². The molecule has 0 radical (unpaired) electrons. The van der Waals surface area contributed by atoms with E-state index in [9.17, 15) is 19.3 Å². The van der Waals surface area contributed by atoms with Crippen molar-refractivity contribution in [2.75, 3.05) is 0 Å². The van der Waals surface area contributed by atoms with Gasteiger partial charge in [0.25, 0.3) is 5.69 Å². The molecule has 0 aliphatic rings. The number of nitrogens with zero attached hydrogens (tertiary/aromatic N) is 1. The number of hydrogen-bond donors (Lipinski definition) is 0. The predicted octanol–water partition coefficient (Wildman–Crippen LogP) is 9.69. The van der Waals surface area contributed by atoms with E-state index in [2.05, 4.69) is 71.6 Å². The molecule has 0 fully saturated rings. The summed E-state index contributed by atoms with van der Waals surface area (Å²) in [5.41, 5.74) is 5.27. The Kier molecular flexibility index (Phi) is 9.17. The highest BCUT2D eigenvalue weighted by atomic mass is 19.1. The van der Waals surface area contributed by atoms with Crippen LogP contribution in [0.5, 0.6) is 11.5 Å². The highest BCUT2D eigenvalue weighted by Gasteiger charge is 2.21. The van der Waals surface area contributed by atoms with E-state index >= 15 is 0 Å². The fourth-order valence-corrected chi connectivity index (χ4v) is 5.09. The average Bonchev–Trinajstić information content (AvgIpc) is 3.02. The maximum Gasteiger partial charge on any atom is 0.390 e. The first-order chi connectivity index (χ1) is 22.2. The molecular weight excluding hydrogens is 593 g/mol. The number of non-ortho nitro benzene ring substituents is 1. The van der Waals surface area contributed by atoms with Crippen molar-refractivity contribution in [3.63, 3.8) is 0 Å². The van der Waals surface area contributed by atoms with E-state index in [4.69, 9.17) is 9.47 Å². The van der Waals surface area contributed by atoms with Gasteiger partial charge >= 0.3 is 5.97 Å². The van der Waals surface area contributed by atoms with E-state index in [-0.39, 0.29) is 34.7 Å². The fraction of sp³-hybridized carbons (Fsp3) is 0.225. The van der Waals surface area contributed by atoms with Gasteiger partial charge in [0.1, 0.15) is 23.9 Å². The van der Waals surface area contributed by atoms with Gasteiger partial charge in [0.15, 0.2) is 0 Å². The van der Waals surface area contributed by atoms with Gasteiger partial charge in [0.05, 0.1) is 10.5 Å². The smallest absolute Gasteiger partial charge is 0.390 e. The SMILES string of the molecule is CC(C)(C)c1cc(COc2ccc3cc(-c4cccc(F)c4)ccc3c2C#CC(=O)Oc2ccc([N+](=O)[O-])cc2)cc(C(C)(C)C)c1. The normalized spacial score (nSPS) is 11.5. The van der Waals surface area contributed by atoms with Crippen LogP contribution in [0.15, 0.2) is 97.1 Å². The van der Waals surface area contributed by atoms with Crippen LogP contribution < -0.4 is 9.47 Å². The van der Waals surface area contributed by atoms with Crippen LogP contribution in [-0.2, 0) is 22.2 Å². The van der Waals surface area contributed by atoms with Gasteiger partial charge in [-0.3, -0.25) is 10.1 Å². The molecule has 0 atom stereocenters. The average molecular weight is 630 g/mol.